The van der Waals surface area contributed by atoms with Crippen molar-refractivity contribution in [1.29, 1.82) is 0 Å². The largest absolute Gasteiger partial charge is 0.344 e. The molecule has 61 heavy (non-hydrogen) atoms. The Kier molecular flexibility index (Phi) is 9.42. The maximum atomic E-state index is 15.5. The number of pyridine rings is 1. The zero-order chi connectivity index (χ0) is 43.3. The molecule has 5 aromatic heterocycles. The van der Waals surface area contributed by atoms with Crippen molar-refractivity contribution in [2.45, 2.75) is 43.7 Å². The second-order valence-electron chi connectivity index (χ2n) is 14.7. The monoisotopic (exact) mass is 883 g/mol. The second kappa shape index (κ2) is 14.4. The van der Waals surface area contributed by atoms with E-state index in [9.17, 15) is 35.6 Å². The number of nitrogens with zero attached hydrogens (tertiary/aromatic N) is 9. The molecule has 0 unspecified atom stereocenters. The zero-order valence-corrected chi connectivity index (χ0v) is 33.0. The van der Waals surface area contributed by atoms with Gasteiger partial charge in [-0.25, -0.2) is 35.9 Å². The van der Waals surface area contributed by atoms with Crippen molar-refractivity contribution in [3.05, 3.63) is 116 Å². The highest BCUT2D eigenvalue weighted by atomic mass is 35.5. The number of nitrogens with one attached hydrogen (secondary N) is 2. The van der Waals surface area contributed by atoms with Gasteiger partial charge in [-0.05, 0) is 54.3 Å². The van der Waals surface area contributed by atoms with Gasteiger partial charge in [0, 0.05) is 43.4 Å². The third-order valence-corrected chi connectivity index (χ3v) is 11.4. The molecule has 0 spiro atoms. The van der Waals surface area contributed by atoms with Crippen LogP contribution in [0.1, 0.15) is 53.1 Å². The number of hydrogen-bond acceptors (Lipinski definition) is 10. The van der Waals surface area contributed by atoms with E-state index < -0.39 is 87.7 Å². The smallest absolute Gasteiger partial charge is 0.293 e. The first-order valence-electron chi connectivity index (χ1n) is 18.2. The quantitative estimate of drug-likeness (QED) is 0.149. The number of hydrogen-bond donors (Lipinski definition) is 2. The second-order valence-corrected chi connectivity index (χ2v) is 16.8. The van der Waals surface area contributed by atoms with Crippen LogP contribution in [-0.2, 0) is 40.8 Å². The van der Waals surface area contributed by atoms with Crippen molar-refractivity contribution in [2.75, 3.05) is 11.0 Å². The number of benzene rings is 2. The lowest BCUT2D eigenvalue weighted by Gasteiger charge is -2.24. The molecule has 9 rings (SSSR count). The predicted molar refractivity (Wildman–Crippen MR) is 207 cm³/mol. The third-order valence-electron chi connectivity index (χ3n) is 10.5. The standard InChI is InChI=1S/C38H28ClF6N11O4S/c1-54-31-26(6-4-22(39)29(31)35(52-54)53-61(2,59)60)56-36(50-34-19(37(56)58)3-5-23(49-34)25-14-46-7-8-47-25)24(11-16-9-17(40)12-18(41)10-16)48-27(57)15-55-32-28(30(51-55)33(42)43)20-13-21(20)38(32,44)45/h3-10,12,14,20-21,24,33H,11,13,15H2,1-2H3,(H,48,57)(H,52,53)/t20-,21+,24-/m0/s1. The van der Waals surface area contributed by atoms with E-state index in [1.54, 1.807) is 0 Å². The van der Waals surface area contributed by atoms with E-state index in [2.05, 4.69) is 35.2 Å². The van der Waals surface area contributed by atoms with E-state index in [0.29, 0.717) is 16.4 Å². The lowest BCUT2D eigenvalue weighted by atomic mass is 10.0. The summed E-state index contributed by atoms with van der Waals surface area (Å²) in [6.45, 7) is -1.00. The summed E-state index contributed by atoms with van der Waals surface area (Å²) in [7, 11) is -2.48. The van der Waals surface area contributed by atoms with Gasteiger partial charge >= 0.3 is 0 Å². The van der Waals surface area contributed by atoms with Crippen molar-refractivity contribution in [2.24, 2.45) is 13.0 Å². The Morgan fingerprint density at radius 3 is 2.48 bits per heavy atom. The molecular formula is C38H28ClF6N11O4S. The number of alkyl halides is 4. The molecule has 0 radical (unpaired) electrons. The van der Waals surface area contributed by atoms with Crippen molar-refractivity contribution in [3.63, 3.8) is 0 Å². The minimum atomic E-state index is -3.92. The summed E-state index contributed by atoms with van der Waals surface area (Å²) in [4.78, 5) is 46.6. The average Bonchev–Trinajstić information content (AvgIpc) is 3.73. The van der Waals surface area contributed by atoms with Crippen LogP contribution in [0.3, 0.4) is 0 Å². The normalized spacial score (nSPS) is 17.1. The van der Waals surface area contributed by atoms with Crippen LogP contribution < -0.4 is 15.6 Å². The fourth-order valence-electron chi connectivity index (χ4n) is 8.03. The van der Waals surface area contributed by atoms with Crippen molar-refractivity contribution < 1.29 is 39.6 Å². The van der Waals surface area contributed by atoms with Gasteiger partial charge in [-0.1, -0.05) is 11.6 Å². The summed E-state index contributed by atoms with van der Waals surface area (Å²) in [5.41, 5.74) is -2.43. The molecule has 1 fully saturated rings. The Hall–Kier alpha value is -6.42. The van der Waals surface area contributed by atoms with Gasteiger partial charge in [-0.15, -0.1) is 0 Å². The van der Waals surface area contributed by atoms with E-state index in [-0.39, 0.29) is 67.5 Å². The van der Waals surface area contributed by atoms with Crippen LogP contribution in [-0.4, -0.2) is 64.6 Å². The molecule has 2 aromatic carbocycles. The maximum Gasteiger partial charge on any atom is 0.293 e. The molecule has 23 heteroatoms. The molecule has 1 amide bonds. The highest BCUT2D eigenvalue weighted by molar-refractivity contribution is 7.92. The Balaban J connectivity index is 1.26. The molecule has 7 aromatic rings. The van der Waals surface area contributed by atoms with Gasteiger partial charge in [0.15, 0.2) is 11.5 Å². The first kappa shape index (κ1) is 40.0. The first-order valence-corrected chi connectivity index (χ1v) is 20.5. The number of carbonyl (C=O) groups is 1. The Labute approximate surface area is 344 Å². The topological polar surface area (TPSA) is 184 Å². The number of halogens is 7. The summed E-state index contributed by atoms with van der Waals surface area (Å²) in [6.07, 6.45) is 1.42. The molecule has 0 bridgehead atoms. The van der Waals surface area contributed by atoms with Crippen LogP contribution in [0.5, 0.6) is 0 Å². The SMILES string of the molecule is Cn1nc(NS(C)(=O)=O)c2c(Cl)ccc(-n3c([C@H](Cc4cc(F)cc(F)c4)NC(=O)Cn4nc(C(F)F)c5c4C(F)(F)[C@@H]4C[C@H]54)nc4nc(-c5cnccn5)ccc4c3=O)c21. The van der Waals surface area contributed by atoms with Crippen LogP contribution in [0.25, 0.3) is 39.0 Å². The zero-order valence-electron chi connectivity index (χ0n) is 31.4. The molecule has 314 valence electrons. The molecule has 0 aliphatic heterocycles. The van der Waals surface area contributed by atoms with E-state index in [1.807, 2.05) is 0 Å². The van der Waals surface area contributed by atoms with E-state index in [0.717, 1.165) is 23.0 Å². The van der Waals surface area contributed by atoms with Gasteiger partial charge in [0.05, 0.1) is 51.2 Å². The average molecular weight is 884 g/mol. The molecule has 15 nitrogen and oxygen atoms in total. The maximum absolute atomic E-state index is 15.5. The molecule has 0 saturated heterocycles. The van der Waals surface area contributed by atoms with Crippen molar-refractivity contribution >= 4 is 55.3 Å². The highest BCUT2D eigenvalue weighted by Gasteiger charge is 2.67. The van der Waals surface area contributed by atoms with Crippen molar-refractivity contribution in [1.82, 2.24) is 49.4 Å². The number of anilines is 1. The Morgan fingerprint density at radius 1 is 1.03 bits per heavy atom. The number of aryl methyl sites for hydroxylation is 1. The number of sulfonamides is 1. The van der Waals surface area contributed by atoms with E-state index in [4.69, 9.17) is 16.6 Å². The predicted octanol–water partition coefficient (Wildman–Crippen LogP) is 5.87. The van der Waals surface area contributed by atoms with Gasteiger partial charge in [0.2, 0.25) is 15.9 Å². The van der Waals surface area contributed by atoms with Crippen LogP contribution in [0.4, 0.5) is 32.2 Å². The Bertz CT molecular complexity index is 3130. The molecular weight excluding hydrogens is 856 g/mol. The van der Waals surface area contributed by atoms with Crippen LogP contribution in [0.15, 0.2) is 65.8 Å². The van der Waals surface area contributed by atoms with Crippen molar-refractivity contribution in [3.8, 4) is 17.1 Å². The Morgan fingerprint density at radius 2 is 1.79 bits per heavy atom. The van der Waals surface area contributed by atoms with Gasteiger partial charge in [-0.2, -0.15) is 19.0 Å². The van der Waals surface area contributed by atoms with Gasteiger partial charge in [0.1, 0.15) is 41.1 Å². The molecule has 1 saturated carbocycles. The minimum Gasteiger partial charge on any atom is -0.344 e. The van der Waals surface area contributed by atoms with Crippen LogP contribution in [0, 0.1) is 17.6 Å². The highest BCUT2D eigenvalue weighted by Crippen LogP contribution is 2.68. The minimum absolute atomic E-state index is 0.0118. The molecule has 2 N–H and O–H groups in total. The third kappa shape index (κ3) is 7.01. The number of rotatable bonds is 11. The van der Waals surface area contributed by atoms with Crippen LogP contribution in [0.2, 0.25) is 5.02 Å². The molecule has 2 aliphatic rings. The lowest BCUT2D eigenvalue weighted by Crippen LogP contribution is -2.38. The number of aromatic nitrogens is 9. The fraction of sp³-hybridized carbons (Fsp3) is 0.263. The fourth-order valence-corrected chi connectivity index (χ4v) is 8.77. The van der Waals surface area contributed by atoms with E-state index >= 15 is 8.78 Å². The number of carbonyl (C=O) groups excluding carboxylic acids is 1. The number of amides is 1. The molecule has 2 aliphatic carbocycles. The summed E-state index contributed by atoms with van der Waals surface area (Å²) in [5, 5.41) is 10.6. The first-order chi connectivity index (χ1) is 28.9. The van der Waals surface area contributed by atoms with Gasteiger partial charge in [0.25, 0.3) is 17.9 Å². The van der Waals surface area contributed by atoms with Gasteiger partial charge < -0.3 is 5.32 Å². The summed E-state index contributed by atoms with van der Waals surface area (Å²) in [6, 6.07) is 6.61. The van der Waals surface area contributed by atoms with Gasteiger partial charge in [-0.3, -0.25) is 38.2 Å². The lowest BCUT2D eigenvalue weighted by molar-refractivity contribution is -0.123. The molecule has 5 heterocycles. The molecule has 3 atom stereocenters. The van der Waals surface area contributed by atoms with E-state index in [1.165, 1.54) is 54.6 Å². The summed E-state index contributed by atoms with van der Waals surface area (Å²) in [5.74, 6) is -9.20. The van der Waals surface area contributed by atoms with Crippen LogP contribution >= 0.6 is 11.6 Å². The summed E-state index contributed by atoms with van der Waals surface area (Å²) < 4.78 is 118. The summed E-state index contributed by atoms with van der Waals surface area (Å²) >= 11 is 6.60. The number of fused-ring (bicyclic) bond motifs is 5.